The maximum absolute atomic E-state index is 12.4. The molecule has 1 aromatic carbocycles. The van der Waals surface area contributed by atoms with Crippen LogP contribution >= 0.6 is 0 Å². The van der Waals surface area contributed by atoms with E-state index in [4.69, 9.17) is 0 Å². The molecule has 3 N–H and O–H groups in total. The van der Waals surface area contributed by atoms with Crippen molar-refractivity contribution in [3.63, 3.8) is 0 Å². The molecule has 27 heavy (non-hydrogen) atoms. The van der Waals surface area contributed by atoms with Gasteiger partial charge in [0.15, 0.2) is 0 Å². The molecule has 1 fully saturated rings. The molecule has 0 radical (unpaired) electrons. The van der Waals surface area contributed by atoms with E-state index in [0.29, 0.717) is 18.2 Å². The average Bonchev–Trinajstić information content (AvgIpc) is 3.12. The highest BCUT2D eigenvalue weighted by Gasteiger charge is 2.14. The van der Waals surface area contributed by atoms with Gasteiger partial charge in [-0.15, -0.1) is 0 Å². The van der Waals surface area contributed by atoms with E-state index in [2.05, 4.69) is 32.7 Å². The SMILES string of the molecule is O=C(NCCc1c[nH]c2ccccc12)c1ccc(NC2CCCCC2)nc1. The standard InChI is InChI=1S/C22H26N4O/c27-22(23-13-12-16-14-24-20-9-5-4-8-19(16)20)17-10-11-21(25-15-17)26-18-6-2-1-3-7-18/h4-5,8-11,14-15,18,24H,1-3,6-7,12-13H2,(H,23,27)(H,25,26). The van der Waals surface area contributed by atoms with E-state index in [1.807, 2.05) is 30.5 Å². The monoisotopic (exact) mass is 362 g/mol. The Bertz CT molecular complexity index is 894. The van der Waals surface area contributed by atoms with Crippen LogP contribution in [0.2, 0.25) is 0 Å². The third-order valence-corrected chi connectivity index (χ3v) is 5.34. The predicted octanol–water partition coefficient (Wildman–Crippen LogP) is 4.28. The number of carbonyl (C=O) groups excluding carboxylic acids is 1. The number of nitrogens with zero attached hydrogens (tertiary/aromatic N) is 1. The van der Waals surface area contributed by atoms with Gasteiger partial charge in [0.25, 0.3) is 5.91 Å². The number of anilines is 1. The second kappa shape index (κ2) is 8.25. The van der Waals surface area contributed by atoms with E-state index >= 15 is 0 Å². The third kappa shape index (κ3) is 4.30. The summed E-state index contributed by atoms with van der Waals surface area (Å²) in [5.74, 6) is 0.781. The Morgan fingerprint density at radius 3 is 2.78 bits per heavy atom. The highest BCUT2D eigenvalue weighted by Crippen LogP contribution is 2.21. The number of hydrogen-bond acceptors (Lipinski definition) is 3. The van der Waals surface area contributed by atoms with Crippen molar-refractivity contribution in [1.82, 2.24) is 15.3 Å². The molecule has 2 aromatic heterocycles. The summed E-state index contributed by atoms with van der Waals surface area (Å²) in [6.45, 7) is 0.600. The summed E-state index contributed by atoms with van der Waals surface area (Å²) in [6, 6.07) is 12.5. The lowest BCUT2D eigenvalue weighted by Crippen LogP contribution is -2.26. The number of hydrogen-bond donors (Lipinski definition) is 3. The lowest BCUT2D eigenvalue weighted by Gasteiger charge is -2.23. The van der Waals surface area contributed by atoms with Crippen LogP contribution in [0.25, 0.3) is 10.9 Å². The van der Waals surface area contributed by atoms with Crippen molar-refractivity contribution in [2.45, 2.75) is 44.6 Å². The van der Waals surface area contributed by atoms with E-state index in [-0.39, 0.29) is 5.91 Å². The fourth-order valence-corrected chi connectivity index (χ4v) is 3.82. The highest BCUT2D eigenvalue weighted by molar-refractivity contribution is 5.94. The van der Waals surface area contributed by atoms with Crippen molar-refractivity contribution in [2.24, 2.45) is 0 Å². The lowest BCUT2D eigenvalue weighted by atomic mass is 9.95. The number of pyridine rings is 1. The molecule has 1 aliphatic carbocycles. The Hall–Kier alpha value is -2.82. The summed E-state index contributed by atoms with van der Waals surface area (Å²) >= 11 is 0. The Balaban J connectivity index is 1.29. The number of para-hydroxylation sites is 1. The predicted molar refractivity (Wildman–Crippen MR) is 109 cm³/mol. The summed E-state index contributed by atoms with van der Waals surface area (Å²) in [6.07, 6.45) is 10.8. The molecule has 140 valence electrons. The van der Waals surface area contributed by atoms with Crippen molar-refractivity contribution >= 4 is 22.6 Å². The summed E-state index contributed by atoms with van der Waals surface area (Å²) in [5, 5.41) is 7.68. The molecule has 1 saturated carbocycles. The van der Waals surface area contributed by atoms with Crippen LogP contribution in [0.4, 0.5) is 5.82 Å². The van der Waals surface area contributed by atoms with Gasteiger partial charge >= 0.3 is 0 Å². The Labute approximate surface area is 159 Å². The molecule has 0 spiro atoms. The van der Waals surface area contributed by atoms with Gasteiger partial charge < -0.3 is 15.6 Å². The first-order chi connectivity index (χ1) is 13.3. The van der Waals surface area contributed by atoms with Crippen molar-refractivity contribution < 1.29 is 4.79 Å². The second-order valence-corrected chi connectivity index (χ2v) is 7.28. The number of nitrogens with one attached hydrogen (secondary N) is 3. The Kier molecular flexibility index (Phi) is 5.37. The van der Waals surface area contributed by atoms with Crippen molar-refractivity contribution in [2.75, 3.05) is 11.9 Å². The molecule has 5 nitrogen and oxygen atoms in total. The first-order valence-corrected chi connectivity index (χ1v) is 9.85. The largest absolute Gasteiger partial charge is 0.367 e. The molecule has 1 amide bonds. The van der Waals surface area contributed by atoms with Gasteiger partial charge in [0, 0.05) is 35.9 Å². The van der Waals surface area contributed by atoms with Crippen LogP contribution in [0.5, 0.6) is 0 Å². The van der Waals surface area contributed by atoms with Gasteiger partial charge in [-0.25, -0.2) is 4.98 Å². The highest BCUT2D eigenvalue weighted by atomic mass is 16.1. The number of aromatic nitrogens is 2. The summed E-state index contributed by atoms with van der Waals surface area (Å²) in [4.78, 5) is 20.0. The minimum absolute atomic E-state index is 0.0773. The molecule has 0 atom stereocenters. The second-order valence-electron chi connectivity index (χ2n) is 7.28. The van der Waals surface area contributed by atoms with Gasteiger partial charge in [0.1, 0.15) is 5.82 Å². The van der Waals surface area contributed by atoms with E-state index < -0.39 is 0 Å². The van der Waals surface area contributed by atoms with E-state index in [1.54, 1.807) is 6.20 Å². The zero-order chi connectivity index (χ0) is 18.5. The van der Waals surface area contributed by atoms with Crippen LogP contribution in [-0.2, 0) is 6.42 Å². The number of amides is 1. The first kappa shape index (κ1) is 17.6. The molecule has 1 aliphatic rings. The van der Waals surface area contributed by atoms with Gasteiger partial charge in [-0.1, -0.05) is 37.5 Å². The van der Waals surface area contributed by atoms with Crippen LogP contribution < -0.4 is 10.6 Å². The van der Waals surface area contributed by atoms with Gasteiger partial charge in [-0.3, -0.25) is 4.79 Å². The van der Waals surface area contributed by atoms with Crippen LogP contribution in [0.15, 0.2) is 48.8 Å². The van der Waals surface area contributed by atoms with Gasteiger partial charge in [0.2, 0.25) is 0 Å². The van der Waals surface area contributed by atoms with Crippen molar-refractivity contribution in [1.29, 1.82) is 0 Å². The number of fused-ring (bicyclic) bond motifs is 1. The van der Waals surface area contributed by atoms with Crippen LogP contribution in [0, 0.1) is 0 Å². The normalized spacial score (nSPS) is 15.0. The summed E-state index contributed by atoms with van der Waals surface area (Å²) < 4.78 is 0. The van der Waals surface area contributed by atoms with E-state index in [0.717, 1.165) is 17.8 Å². The topological polar surface area (TPSA) is 69.8 Å². The average molecular weight is 362 g/mol. The maximum Gasteiger partial charge on any atom is 0.252 e. The third-order valence-electron chi connectivity index (χ3n) is 5.34. The Morgan fingerprint density at radius 1 is 1.11 bits per heavy atom. The fourth-order valence-electron chi connectivity index (χ4n) is 3.82. The first-order valence-electron chi connectivity index (χ1n) is 9.85. The van der Waals surface area contributed by atoms with Gasteiger partial charge in [0.05, 0.1) is 5.56 Å². The van der Waals surface area contributed by atoms with Gasteiger partial charge in [-0.05, 0) is 43.0 Å². The van der Waals surface area contributed by atoms with Gasteiger partial charge in [-0.2, -0.15) is 0 Å². The zero-order valence-electron chi connectivity index (χ0n) is 15.5. The minimum atomic E-state index is -0.0773. The molecule has 0 unspecified atom stereocenters. The fraction of sp³-hybridized carbons (Fsp3) is 0.364. The molecular formula is C22H26N4O. The van der Waals surface area contributed by atoms with E-state index in [1.165, 1.54) is 43.1 Å². The molecule has 4 rings (SSSR count). The zero-order valence-corrected chi connectivity index (χ0v) is 15.5. The molecular weight excluding hydrogens is 336 g/mol. The number of aromatic amines is 1. The number of carbonyl (C=O) groups is 1. The number of benzene rings is 1. The number of H-pyrrole nitrogens is 1. The lowest BCUT2D eigenvalue weighted by molar-refractivity contribution is 0.0954. The molecule has 5 heteroatoms. The van der Waals surface area contributed by atoms with E-state index in [9.17, 15) is 4.79 Å². The number of rotatable bonds is 6. The molecule has 0 saturated heterocycles. The molecule has 0 aliphatic heterocycles. The quantitative estimate of drug-likeness (QED) is 0.613. The minimum Gasteiger partial charge on any atom is -0.367 e. The summed E-state index contributed by atoms with van der Waals surface area (Å²) in [5.41, 5.74) is 2.95. The summed E-state index contributed by atoms with van der Waals surface area (Å²) in [7, 11) is 0. The molecule has 2 heterocycles. The van der Waals surface area contributed by atoms with Crippen molar-refractivity contribution in [3.05, 3.63) is 59.9 Å². The van der Waals surface area contributed by atoms with Crippen molar-refractivity contribution in [3.8, 4) is 0 Å². The Morgan fingerprint density at radius 2 is 1.96 bits per heavy atom. The smallest absolute Gasteiger partial charge is 0.252 e. The van der Waals surface area contributed by atoms with Crippen LogP contribution in [0.3, 0.4) is 0 Å². The van der Waals surface area contributed by atoms with Crippen LogP contribution in [-0.4, -0.2) is 28.5 Å². The maximum atomic E-state index is 12.4. The van der Waals surface area contributed by atoms with Crippen LogP contribution in [0.1, 0.15) is 48.0 Å². The molecule has 3 aromatic rings. The molecule has 0 bridgehead atoms.